The first-order chi connectivity index (χ1) is 47.8. The highest BCUT2D eigenvalue weighted by molar-refractivity contribution is 7.47. The molecule has 17 nitrogen and oxygen atoms in total. The third kappa shape index (κ3) is 72.8. The van der Waals surface area contributed by atoms with E-state index < -0.39 is 97.5 Å². The Bertz CT molecular complexity index is 1920. The van der Waals surface area contributed by atoms with E-state index in [1.807, 2.05) is 0 Å². The van der Waals surface area contributed by atoms with Crippen molar-refractivity contribution in [3.05, 3.63) is 0 Å². The van der Waals surface area contributed by atoms with Crippen LogP contribution < -0.4 is 0 Å². The van der Waals surface area contributed by atoms with E-state index in [4.69, 9.17) is 37.0 Å². The summed E-state index contributed by atoms with van der Waals surface area (Å²) >= 11 is 0. The topological polar surface area (TPSA) is 237 Å². The van der Waals surface area contributed by atoms with Crippen LogP contribution in [-0.2, 0) is 65.4 Å². The van der Waals surface area contributed by atoms with Crippen LogP contribution >= 0.6 is 15.6 Å². The SMILES string of the molecule is CCCCCCCCCCCCCC(=O)OC[C@H](COP(=O)(O)OC[C@H](O)COP(=O)(O)OC[C@@H](COC(=O)CCCCCCCCCCCCCCCCC(C)CC)OC(=O)CCCCCCCCCCCCCCCCCCC(C)C)OC(=O)CCCCCCCCCCC(C)C. The Morgan fingerprint density at radius 1 is 0.293 bits per heavy atom. The van der Waals surface area contributed by atoms with Crippen LogP contribution in [0.5, 0.6) is 0 Å². The predicted octanol–water partition coefficient (Wildman–Crippen LogP) is 23.7. The second kappa shape index (κ2) is 70.4. The van der Waals surface area contributed by atoms with Crippen LogP contribution in [0.15, 0.2) is 0 Å². The summed E-state index contributed by atoms with van der Waals surface area (Å²) in [5.74, 6) is 0.264. The molecule has 99 heavy (non-hydrogen) atoms. The molecule has 6 atom stereocenters. The maximum absolute atomic E-state index is 13.1. The Balaban J connectivity index is 5.23. The van der Waals surface area contributed by atoms with Gasteiger partial charge in [0.05, 0.1) is 26.4 Å². The van der Waals surface area contributed by atoms with Crippen molar-refractivity contribution < 1.29 is 80.2 Å². The van der Waals surface area contributed by atoms with Crippen LogP contribution in [0.2, 0.25) is 0 Å². The molecule has 0 radical (unpaired) electrons. The van der Waals surface area contributed by atoms with Crippen LogP contribution in [0.3, 0.4) is 0 Å². The largest absolute Gasteiger partial charge is 0.472 e. The second-order valence-corrected chi connectivity index (χ2v) is 32.9. The lowest BCUT2D eigenvalue weighted by Crippen LogP contribution is -2.30. The fourth-order valence-corrected chi connectivity index (χ4v) is 13.9. The minimum absolute atomic E-state index is 0.105. The average molecular weight is 1450 g/mol. The monoisotopic (exact) mass is 1450 g/mol. The first kappa shape index (κ1) is 97.1. The zero-order chi connectivity index (χ0) is 73.0. The molecule has 0 rings (SSSR count). The molecule has 0 aromatic carbocycles. The van der Waals surface area contributed by atoms with Gasteiger partial charge in [-0.1, -0.05) is 363 Å². The Morgan fingerprint density at radius 2 is 0.515 bits per heavy atom. The van der Waals surface area contributed by atoms with Crippen molar-refractivity contribution in [1.29, 1.82) is 0 Å². The number of carbonyl (C=O) groups excluding carboxylic acids is 4. The molecule has 19 heteroatoms. The summed E-state index contributed by atoms with van der Waals surface area (Å²) in [4.78, 5) is 72.9. The Morgan fingerprint density at radius 3 is 0.768 bits per heavy atom. The van der Waals surface area contributed by atoms with Crippen molar-refractivity contribution in [3.8, 4) is 0 Å². The van der Waals surface area contributed by atoms with Crippen LogP contribution in [0.4, 0.5) is 0 Å². The van der Waals surface area contributed by atoms with Crippen LogP contribution in [-0.4, -0.2) is 96.7 Å². The highest BCUT2D eigenvalue weighted by Crippen LogP contribution is 2.45. The number of unbranched alkanes of at least 4 members (excludes halogenated alkanes) is 45. The van der Waals surface area contributed by atoms with E-state index in [0.717, 1.165) is 108 Å². The summed E-state index contributed by atoms with van der Waals surface area (Å²) in [6.45, 7) is 12.0. The van der Waals surface area contributed by atoms with Crippen LogP contribution in [0.1, 0.15) is 414 Å². The molecule has 0 heterocycles. The molecule has 3 unspecified atom stereocenters. The Hall–Kier alpha value is -1.94. The number of esters is 4. The van der Waals surface area contributed by atoms with E-state index in [1.54, 1.807) is 0 Å². The molecule has 0 aliphatic heterocycles. The summed E-state index contributed by atoms with van der Waals surface area (Å²) in [5.41, 5.74) is 0. The van der Waals surface area contributed by atoms with Gasteiger partial charge in [-0.25, -0.2) is 9.13 Å². The van der Waals surface area contributed by atoms with Crippen LogP contribution in [0.25, 0.3) is 0 Å². The molecule has 0 bridgehead atoms. The second-order valence-electron chi connectivity index (χ2n) is 30.0. The molecule has 588 valence electrons. The van der Waals surface area contributed by atoms with Gasteiger partial charge < -0.3 is 33.8 Å². The average Bonchev–Trinajstić information content (AvgIpc) is 1.01. The van der Waals surface area contributed by atoms with E-state index in [2.05, 4.69) is 48.5 Å². The summed E-state index contributed by atoms with van der Waals surface area (Å²) in [7, 11) is -9.92. The number of rotatable bonds is 78. The molecule has 0 fully saturated rings. The molecule has 0 amide bonds. The smallest absolute Gasteiger partial charge is 0.462 e. The van der Waals surface area contributed by atoms with Gasteiger partial charge in [0.1, 0.15) is 19.3 Å². The quantitative estimate of drug-likeness (QED) is 0.0222. The van der Waals surface area contributed by atoms with E-state index in [-0.39, 0.29) is 25.7 Å². The molecule has 0 aliphatic carbocycles. The summed E-state index contributed by atoms with van der Waals surface area (Å²) in [5, 5.41) is 10.6. The molecule has 0 spiro atoms. The summed E-state index contributed by atoms with van der Waals surface area (Å²) in [6.07, 6.45) is 58.2. The first-order valence-electron chi connectivity index (χ1n) is 41.4. The zero-order valence-electron chi connectivity index (χ0n) is 65.0. The number of phosphoric ester groups is 2. The fourth-order valence-electron chi connectivity index (χ4n) is 12.3. The van der Waals surface area contributed by atoms with Gasteiger partial charge >= 0.3 is 39.5 Å². The highest BCUT2D eigenvalue weighted by atomic mass is 31.2. The molecule has 0 saturated carbocycles. The molecular formula is C80H156O17P2. The number of aliphatic hydroxyl groups excluding tert-OH is 1. The van der Waals surface area contributed by atoms with Gasteiger partial charge in [0.25, 0.3) is 0 Å². The van der Waals surface area contributed by atoms with Gasteiger partial charge in [0, 0.05) is 25.7 Å². The molecule has 0 aromatic heterocycles. The van der Waals surface area contributed by atoms with Gasteiger partial charge in [-0.2, -0.15) is 0 Å². The van der Waals surface area contributed by atoms with Crippen LogP contribution in [0, 0.1) is 17.8 Å². The van der Waals surface area contributed by atoms with Gasteiger partial charge in [-0.3, -0.25) is 37.3 Å². The van der Waals surface area contributed by atoms with Crippen molar-refractivity contribution in [2.24, 2.45) is 17.8 Å². The standard InChI is InChI=1S/C80H156O17P2/c1-8-10-11-12-13-14-25-32-40-47-54-61-77(82)90-68-76(97-80(85)64-57-50-43-36-35-38-45-52-59-72(5)6)70-95-99(88,89)93-66-74(81)65-92-98(86,87)94-69-75(67-91-78(83)62-55-48-41-33-28-23-20-19-22-27-31-39-46-53-60-73(7)9-2)96-79(84)63-56-49-42-34-29-24-18-16-15-17-21-26-30-37-44-51-58-71(3)4/h71-76,81H,8-70H2,1-7H3,(H,86,87)(H,88,89)/t73?,74-,75-,76-/m1/s1. The number of ether oxygens (including phenoxy) is 4. The van der Waals surface area contributed by atoms with E-state index in [1.165, 1.54) is 225 Å². The molecule has 0 aliphatic rings. The van der Waals surface area contributed by atoms with E-state index >= 15 is 0 Å². The summed E-state index contributed by atoms with van der Waals surface area (Å²) in [6, 6.07) is 0. The first-order valence-corrected chi connectivity index (χ1v) is 44.4. The Labute approximate surface area is 607 Å². The number of carbonyl (C=O) groups is 4. The predicted molar refractivity (Wildman–Crippen MR) is 405 cm³/mol. The lowest BCUT2D eigenvalue weighted by atomic mass is 9.99. The fraction of sp³-hybridized carbons (Fsp3) is 0.950. The maximum Gasteiger partial charge on any atom is 0.472 e. The normalized spacial score (nSPS) is 14.3. The third-order valence-electron chi connectivity index (χ3n) is 19.0. The van der Waals surface area contributed by atoms with Crippen molar-refractivity contribution in [3.63, 3.8) is 0 Å². The number of hydrogen-bond acceptors (Lipinski definition) is 15. The molecule has 0 aromatic rings. The lowest BCUT2D eigenvalue weighted by Gasteiger charge is -2.21. The van der Waals surface area contributed by atoms with Crippen molar-refractivity contribution in [2.75, 3.05) is 39.6 Å². The van der Waals surface area contributed by atoms with E-state index in [0.29, 0.717) is 25.7 Å². The number of phosphoric acid groups is 2. The number of aliphatic hydroxyl groups is 1. The zero-order valence-corrected chi connectivity index (χ0v) is 66.8. The van der Waals surface area contributed by atoms with E-state index in [9.17, 15) is 43.2 Å². The lowest BCUT2D eigenvalue weighted by molar-refractivity contribution is -0.161. The molecule has 0 saturated heterocycles. The molecule has 3 N–H and O–H groups in total. The van der Waals surface area contributed by atoms with Gasteiger partial charge in [0.2, 0.25) is 0 Å². The highest BCUT2D eigenvalue weighted by Gasteiger charge is 2.30. The third-order valence-corrected chi connectivity index (χ3v) is 20.9. The minimum Gasteiger partial charge on any atom is -0.462 e. The van der Waals surface area contributed by atoms with Crippen molar-refractivity contribution in [1.82, 2.24) is 0 Å². The Kier molecular flexibility index (Phi) is 69.0. The van der Waals surface area contributed by atoms with Gasteiger partial charge in [0.15, 0.2) is 12.2 Å². The van der Waals surface area contributed by atoms with Crippen molar-refractivity contribution >= 4 is 39.5 Å². The summed E-state index contributed by atoms with van der Waals surface area (Å²) < 4.78 is 68.6. The van der Waals surface area contributed by atoms with Gasteiger partial charge in [-0.05, 0) is 43.4 Å². The maximum atomic E-state index is 13.1. The van der Waals surface area contributed by atoms with Gasteiger partial charge in [-0.15, -0.1) is 0 Å². The molecular weight excluding hydrogens is 1290 g/mol. The number of hydrogen-bond donors (Lipinski definition) is 3. The van der Waals surface area contributed by atoms with Crippen molar-refractivity contribution in [2.45, 2.75) is 433 Å². The minimum atomic E-state index is -4.96.